The van der Waals surface area contributed by atoms with Crippen LogP contribution in [0, 0.1) is 6.92 Å². The highest BCUT2D eigenvalue weighted by Gasteiger charge is 2.20. The molecule has 0 saturated carbocycles. The minimum atomic E-state index is 0.0501. The van der Waals surface area contributed by atoms with E-state index in [4.69, 9.17) is 9.72 Å². The Morgan fingerprint density at radius 3 is 2.73 bits per heavy atom. The van der Waals surface area contributed by atoms with Crippen LogP contribution in [0.4, 0.5) is 0 Å². The van der Waals surface area contributed by atoms with Gasteiger partial charge >= 0.3 is 0 Å². The lowest BCUT2D eigenvalue weighted by atomic mass is 10.0. The number of thiophene rings is 1. The van der Waals surface area contributed by atoms with Crippen LogP contribution in [0.5, 0.6) is 0 Å². The van der Waals surface area contributed by atoms with Gasteiger partial charge in [0.25, 0.3) is 5.91 Å². The van der Waals surface area contributed by atoms with Crippen molar-refractivity contribution in [2.24, 2.45) is 0 Å². The highest BCUT2D eigenvalue weighted by atomic mass is 32.2. The summed E-state index contributed by atoms with van der Waals surface area (Å²) in [5.41, 5.74) is 5.21. The maximum atomic E-state index is 13.3. The molecule has 2 heterocycles. The SMILES string of the molecule is COCCCN(Cc1cc2ccc(SC)cc2nc1-c1cccc(C)c1)C(=O)c1cccs1. The third-order valence-electron chi connectivity index (χ3n) is 5.55. The quantitative estimate of drug-likeness (QED) is 0.200. The molecule has 0 radical (unpaired) electrons. The minimum absolute atomic E-state index is 0.0501. The first kappa shape index (κ1) is 23.5. The molecule has 0 atom stereocenters. The molecule has 33 heavy (non-hydrogen) atoms. The molecule has 4 nitrogen and oxygen atoms in total. The topological polar surface area (TPSA) is 42.4 Å². The first-order chi connectivity index (χ1) is 16.1. The van der Waals surface area contributed by atoms with E-state index in [1.54, 1.807) is 18.9 Å². The molecule has 6 heteroatoms. The van der Waals surface area contributed by atoms with E-state index in [0.29, 0.717) is 19.7 Å². The number of amides is 1. The molecule has 0 unspecified atom stereocenters. The second-order valence-corrected chi connectivity index (χ2v) is 9.80. The largest absolute Gasteiger partial charge is 0.385 e. The van der Waals surface area contributed by atoms with Crippen molar-refractivity contribution in [3.05, 3.63) is 82.0 Å². The van der Waals surface area contributed by atoms with Gasteiger partial charge in [-0.3, -0.25) is 4.79 Å². The van der Waals surface area contributed by atoms with Gasteiger partial charge in [-0.05, 0) is 60.9 Å². The highest BCUT2D eigenvalue weighted by molar-refractivity contribution is 7.98. The van der Waals surface area contributed by atoms with Gasteiger partial charge in [0, 0.05) is 42.7 Å². The van der Waals surface area contributed by atoms with Gasteiger partial charge < -0.3 is 9.64 Å². The molecule has 0 aliphatic rings. The number of fused-ring (bicyclic) bond motifs is 1. The predicted molar refractivity (Wildman–Crippen MR) is 139 cm³/mol. The van der Waals surface area contributed by atoms with Crippen LogP contribution >= 0.6 is 23.1 Å². The van der Waals surface area contributed by atoms with Crippen LogP contribution < -0.4 is 0 Å². The van der Waals surface area contributed by atoms with Crippen LogP contribution in [-0.4, -0.2) is 42.3 Å². The fourth-order valence-electron chi connectivity index (χ4n) is 3.89. The monoisotopic (exact) mass is 476 g/mol. The molecule has 0 aliphatic carbocycles. The zero-order chi connectivity index (χ0) is 23.2. The van der Waals surface area contributed by atoms with E-state index in [9.17, 15) is 4.79 Å². The molecule has 0 saturated heterocycles. The smallest absolute Gasteiger partial charge is 0.264 e. The molecule has 2 aromatic carbocycles. The summed E-state index contributed by atoms with van der Waals surface area (Å²) in [6.07, 6.45) is 2.86. The lowest BCUT2D eigenvalue weighted by molar-refractivity contribution is 0.0729. The van der Waals surface area contributed by atoms with Crippen molar-refractivity contribution in [2.45, 2.75) is 24.8 Å². The van der Waals surface area contributed by atoms with E-state index in [2.05, 4.69) is 61.7 Å². The number of thioether (sulfide) groups is 1. The Balaban J connectivity index is 1.78. The van der Waals surface area contributed by atoms with E-state index in [0.717, 1.165) is 39.0 Å². The Kier molecular flexibility index (Phi) is 7.81. The van der Waals surface area contributed by atoms with Crippen molar-refractivity contribution >= 4 is 39.9 Å². The summed E-state index contributed by atoms with van der Waals surface area (Å²) in [7, 11) is 1.69. The molecule has 0 bridgehead atoms. The number of methoxy groups -OCH3 is 1. The molecular weight excluding hydrogens is 448 g/mol. The minimum Gasteiger partial charge on any atom is -0.385 e. The second-order valence-electron chi connectivity index (χ2n) is 7.97. The fourth-order valence-corrected chi connectivity index (χ4v) is 5.02. The summed E-state index contributed by atoms with van der Waals surface area (Å²) < 4.78 is 5.25. The third-order valence-corrected chi connectivity index (χ3v) is 7.14. The summed E-state index contributed by atoms with van der Waals surface area (Å²) >= 11 is 3.19. The van der Waals surface area contributed by atoms with Gasteiger partial charge in [0.1, 0.15) is 0 Å². The lowest BCUT2D eigenvalue weighted by Crippen LogP contribution is -2.32. The number of aryl methyl sites for hydroxylation is 1. The number of benzene rings is 2. The molecule has 4 rings (SSSR count). The van der Waals surface area contributed by atoms with Crippen LogP contribution in [0.25, 0.3) is 22.2 Å². The van der Waals surface area contributed by atoms with Crippen molar-refractivity contribution in [1.82, 2.24) is 9.88 Å². The lowest BCUT2D eigenvalue weighted by Gasteiger charge is -2.24. The summed E-state index contributed by atoms with van der Waals surface area (Å²) in [5, 5.41) is 3.03. The van der Waals surface area contributed by atoms with Crippen molar-refractivity contribution < 1.29 is 9.53 Å². The average molecular weight is 477 g/mol. The van der Waals surface area contributed by atoms with Gasteiger partial charge in [-0.15, -0.1) is 23.1 Å². The molecule has 0 fully saturated rings. The Hall–Kier alpha value is -2.67. The maximum Gasteiger partial charge on any atom is 0.264 e. The molecule has 0 aliphatic heterocycles. The van der Waals surface area contributed by atoms with Crippen LogP contribution in [0.3, 0.4) is 0 Å². The van der Waals surface area contributed by atoms with Crippen LogP contribution in [0.1, 0.15) is 27.2 Å². The number of rotatable bonds is 9. The van der Waals surface area contributed by atoms with E-state index < -0.39 is 0 Å². The molecule has 4 aromatic rings. The fraction of sp³-hybridized carbons (Fsp3) is 0.259. The van der Waals surface area contributed by atoms with Gasteiger partial charge in [0.05, 0.1) is 16.1 Å². The molecule has 170 valence electrons. The van der Waals surface area contributed by atoms with E-state index in [1.165, 1.54) is 21.8 Å². The van der Waals surface area contributed by atoms with Crippen LogP contribution in [-0.2, 0) is 11.3 Å². The summed E-state index contributed by atoms with van der Waals surface area (Å²) in [5.74, 6) is 0.0501. The van der Waals surface area contributed by atoms with E-state index in [1.807, 2.05) is 22.4 Å². The summed E-state index contributed by atoms with van der Waals surface area (Å²) in [6.45, 7) is 3.83. The first-order valence-electron chi connectivity index (χ1n) is 11.0. The van der Waals surface area contributed by atoms with Crippen molar-refractivity contribution in [3.63, 3.8) is 0 Å². The number of hydrogen-bond donors (Lipinski definition) is 0. The van der Waals surface area contributed by atoms with Gasteiger partial charge in [-0.2, -0.15) is 0 Å². The summed E-state index contributed by atoms with van der Waals surface area (Å²) in [4.78, 5) is 22.3. The predicted octanol–water partition coefficient (Wildman–Crippen LogP) is 6.67. The highest BCUT2D eigenvalue weighted by Crippen LogP contribution is 2.30. The maximum absolute atomic E-state index is 13.3. The number of hydrogen-bond acceptors (Lipinski definition) is 5. The Morgan fingerprint density at radius 2 is 2.00 bits per heavy atom. The molecule has 0 spiro atoms. The van der Waals surface area contributed by atoms with E-state index in [-0.39, 0.29) is 5.91 Å². The summed E-state index contributed by atoms with van der Waals surface area (Å²) in [6, 6.07) is 20.8. The van der Waals surface area contributed by atoms with Gasteiger partial charge in [0.15, 0.2) is 0 Å². The Bertz CT molecular complexity index is 1240. The Labute approximate surface area is 203 Å². The number of ether oxygens (including phenoxy) is 1. The average Bonchev–Trinajstić information content (AvgIpc) is 3.37. The normalized spacial score (nSPS) is 11.1. The molecule has 2 aromatic heterocycles. The number of carbonyl (C=O) groups excluding carboxylic acids is 1. The third kappa shape index (κ3) is 5.64. The van der Waals surface area contributed by atoms with Gasteiger partial charge in [0.2, 0.25) is 0 Å². The number of carbonyl (C=O) groups is 1. The van der Waals surface area contributed by atoms with Crippen molar-refractivity contribution in [2.75, 3.05) is 26.5 Å². The van der Waals surface area contributed by atoms with Crippen LogP contribution in [0.2, 0.25) is 0 Å². The van der Waals surface area contributed by atoms with Crippen molar-refractivity contribution in [3.8, 4) is 11.3 Å². The molecule has 0 N–H and O–H groups in total. The standard InChI is InChI=1S/C27H28N2O2S2/c1-19-7-4-8-21(15-19)26-22(16-20-10-11-23(32-3)17-24(20)28-26)18-29(12-6-13-31-2)27(30)25-9-5-14-33-25/h4-5,7-11,14-17H,6,12-13,18H2,1-3H3. The first-order valence-corrected chi connectivity index (χ1v) is 13.1. The van der Waals surface area contributed by atoms with Gasteiger partial charge in [-0.1, -0.05) is 35.9 Å². The van der Waals surface area contributed by atoms with Crippen molar-refractivity contribution in [1.29, 1.82) is 0 Å². The van der Waals surface area contributed by atoms with E-state index >= 15 is 0 Å². The van der Waals surface area contributed by atoms with Crippen LogP contribution in [0.15, 0.2) is 70.9 Å². The second kappa shape index (κ2) is 11.0. The van der Waals surface area contributed by atoms with Gasteiger partial charge in [-0.25, -0.2) is 4.98 Å². The zero-order valence-electron chi connectivity index (χ0n) is 19.2. The molecule has 1 amide bonds. The number of pyridine rings is 1. The zero-order valence-corrected chi connectivity index (χ0v) is 20.8. The number of nitrogens with zero attached hydrogens (tertiary/aromatic N) is 2. The molecular formula is C27H28N2O2S2. The Morgan fingerprint density at radius 1 is 1.12 bits per heavy atom. The number of aromatic nitrogens is 1.